The van der Waals surface area contributed by atoms with Gasteiger partial charge >= 0.3 is 0 Å². The average Bonchev–Trinajstić information content (AvgIpc) is 2.30. The SMILES string of the molecule is C=CC(=O)CN1CCN(C(C)(C)C)CC1CC#N. The van der Waals surface area contributed by atoms with E-state index in [-0.39, 0.29) is 17.4 Å². The highest BCUT2D eigenvalue weighted by atomic mass is 16.1. The lowest BCUT2D eigenvalue weighted by Gasteiger charge is -2.46. The van der Waals surface area contributed by atoms with Crippen molar-refractivity contribution < 1.29 is 4.79 Å². The largest absolute Gasteiger partial charge is 0.296 e. The van der Waals surface area contributed by atoms with E-state index in [1.165, 1.54) is 6.08 Å². The fourth-order valence-electron chi connectivity index (χ4n) is 2.27. The molecular weight excluding hydrogens is 226 g/mol. The summed E-state index contributed by atoms with van der Waals surface area (Å²) in [6, 6.07) is 2.37. The Bertz CT molecular complexity index is 351. The van der Waals surface area contributed by atoms with E-state index < -0.39 is 0 Å². The first-order valence-electron chi connectivity index (χ1n) is 6.39. The van der Waals surface area contributed by atoms with Gasteiger partial charge in [0.15, 0.2) is 5.78 Å². The van der Waals surface area contributed by atoms with Gasteiger partial charge in [0.05, 0.1) is 19.0 Å². The molecular formula is C14H23N3O. The van der Waals surface area contributed by atoms with Crippen molar-refractivity contribution >= 4 is 5.78 Å². The van der Waals surface area contributed by atoms with Crippen LogP contribution in [-0.2, 0) is 4.79 Å². The second-order valence-corrected chi connectivity index (χ2v) is 5.77. The molecule has 0 aromatic carbocycles. The van der Waals surface area contributed by atoms with Crippen LogP contribution >= 0.6 is 0 Å². The van der Waals surface area contributed by atoms with Gasteiger partial charge in [-0.25, -0.2) is 0 Å². The Kier molecular flexibility index (Phi) is 5.06. The summed E-state index contributed by atoms with van der Waals surface area (Å²) in [6.07, 6.45) is 1.83. The van der Waals surface area contributed by atoms with Gasteiger partial charge in [0.2, 0.25) is 0 Å². The summed E-state index contributed by atoms with van der Waals surface area (Å²) in [6.45, 7) is 13.1. The molecule has 1 rings (SSSR count). The Labute approximate surface area is 110 Å². The number of nitrogens with zero attached hydrogens (tertiary/aromatic N) is 3. The van der Waals surface area contributed by atoms with Gasteiger partial charge < -0.3 is 0 Å². The summed E-state index contributed by atoms with van der Waals surface area (Å²) in [7, 11) is 0. The van der Waals surface area contributed by atoms with Crippen LogP contribution in [0, 0.1) is 11.3 Å². The summed E-state index contributed by atoms with van der Waals surface area (Å²) in [4.78, 5) is 15.9. The third-order valence-corrected chi connectivity index (χ3v) is 3.47. The van der Waals surface area contributed by atoms with Crippen molar-refractivity contribution in [1.82, 2.24) is 9.80 Å². The number of hydrogen-bond donors (Lipinski definition) is 0. The van der Waals surface area contributed by atoms with E-state index in [0.717, 1.165) is 19.6 Å². The molecule has 0 aromatic heterocycles. The molecule has 4 heteroatoms. The molecule has 1 unspecified atom stereocenters. The second kappa shape index (κ2) is 6.12. The van der Waals surface area contributed by atoms with Gasteiger partial charge in [0, 0.05) is 31.2 Å². The minimum Gasteiger partial charge on any atom is -0.296 e. The molecule has 0 aromatic rings. The molecule has 4 nitrogen and oxygen atoms in total. The maximum atomic E-state index is 11.5. The minimum absolute atomic E-state index is 0.0298. The molecule has 0 amide bonds. The summed E-state index contributed by atoms with van der Waals surface area (Å²) >= 11 is 0. The van der Waals surface area contributed by atoms with E-state index in [2.05, 4.69) is 43.2 Å². The lowest BCUT2D eigenvalue weighted by molar-refractivity contribution is -0.117. The fraction of sp³-hybridized carbons (Fsp3) is 0.714. The fourth-order valence-corrected chi connectivity index (χ4v) is 2.27. The molecule has 0 radical (unpaired) electrons. The normalized spacial score (nSPS) is 22.4. The third kappa shape index (κ3) is 3.94. The predicted molar refractivity (Wildman–Crippen MR) is 72.1 cm³/mol. The van der Waals surface area contributed by atoms with E-state index in [9.17, 15) is 4.79 Å². The number of rotatable bonds is 4. The van der Waals surface area contributed by atoms with Gasteiger partial charge in [0.1, 0.15) is 0 Å². The maximum Gasteiger partial charge on any atom is 0.169 e. The first kappa shape index (κ1) is 14.9. The second-order valence-electron chi connectivity index (χ2n) is 5.77. The molecule has 1 atom stereocenters. The van der Waals surface area contributed by atoms with Crippen LogP contribution in [0.15, 0.2) is 12.7 Å². The van der Waals surface area contributed by atoms with Crippen LogP contribution in [0.25, 0.3) is 0 Å². The predicted octanol–water partition coefficient (Wildman–Crippen LogP) is 1.44. The van der Waals surface area contributed by atoms with Crippen LogP contribution in [0.5, 0.6) is 0 Å². The first-order valence-corrected chi connectivity index (χ1v) is 6.39. The number of nitriles is 1. The first-order chi connectivity index (χ1) is 8.38. The zero-order valence-corrected chi connectivity index (χ0v) is 11.6. The van der Waals surface area contributed by atoms with Crippen molar-refractivity contribution in [3.63, 3.8) is 0 Å². The number of carbonyl (C=O) groups is 1. The lowest BCUT2D eigenvalue weighted by atomic mass is 10.0. The van der Waals surface area contributed by atoms with Crippen LogP contribution in [-0.4, -0.2) is 53.3 Å². The Balaban J connectivity index is 2.69. The Morgan fingerprint density at radius 3 is 2.67 bits per heavy atom. The standard InChI is InChI=1S/C14H23N3O/c1-5-13(18)11-16-8-9-17(14(2,3)4)10-12(16)6-7-15/h5,12H,1,6,8-11H2,2-4H3. The molecule has 1 saturated heterocycles. The molecule has 1 aliphatic heterocycles. The van der Waals surface area contributed by atoms with Crippen LogP contribution in [0.1, 0.15) is 27.2 Å². The molecule has 0 spiro atoms. The van der Waals surface area contributed by atoms with Crippen molar-refractivity contribution in [3.8, 4) is 6.07 Å². The third-order valence-electron chi connectivity index (χ3n) is 3.47. The molecule has 1 fully saturated rings. The van der Waals surface area contributed by atoms with Crippen LogP contribution in [0.3, 0.4) is 0 Å². The summed E-state index contributed by atoms with van der Waals surface area (Å²) < 4.78 is 0. The number of carbonyl (C=O) groups excluding carboxylic acids is 1. The number of piperazine rings is 1. The van der Waals surface area contributed by atoms with Gasteiger partial charge in [0.25, 0.3) is 0 Å². The molecule has 100 valence electrons. The molecule has 0 N–H and O–H groups in total. The monoisotopic (exact) mass is 249 g/mol. The highest BCUT2D eigenvalue weighted by molar-refractivity contribution is 5.90. The van der Waals surface area contributed by atoms with Gasteiger partial charge in [-0.15, -0.1) is 0 Å². The van der Waals surface area contributed by atoms with Crippen LogP contribution < -0.4 is 0 Å². The molecule has 0 saturated carbocycles. The van der Waals surface area contributed by atoms with E-state index in [4.69, 9.17) is 5.26 Å². The molecule has 0 aliphatic carbocycles. The van der Waals surface area contributed by atoms with Crippen molar-refractivity contribution in [1.29, 1.82) is 5.26 Å². The Hall–Kier alpha value is -1.18. The zero-order valence-electron chi connectivity index (χ0n) is 11.6. The smallest absolute Gasteiger partial charge is 0.169 e. The van der Waals surface area contributed by atoms with Gasteiger partial charge in [-0.3, -0.25) is 14.6 Å². The number of ketones is 1. The Morgan fingerprint density at radius 1 is 1.50 bits per heavy atom. The summed E-state index contributed by atoms with van der Waals surface area (Å²) in [5, 5.41) is 8.92. The minimum atomic E-state index is 0.0298. The quantitative estimate of drug-likeness (QED) is 0.707. The van der Waals surface area contributed by atoms with E-state index >= 15 is 0 Å². The van der Waals surface area contributed by atoms with Gasteiger partial charge in [-0.1, -0.05) is 6.58 Å². The van der Waals surface area contributed by atoms with Gasteiger partial charge in [-0.2, -0.15) is 5.26 Å². The molecule has 0 bridgehead atoms. The number of hydrogen-bond acceptors (Lipinski definition) is 4. The van der Waals surface area contributed by atoms with Crippen molar-refractivity contribution in [3.05, 3.63) is 12.7 Å². The topological polar surface area (TPSA) is 47.3 Å². The van der Waals surface area contributed by atoms with Crippen molar-refractivity contribution in [2.75, 3.05) is 26.2 Å². The van der Waals surface area contributed by atoms with Crippen molar-refractivity contribution in [2.45, 2.75) is 38.8 Å². The van der Waals surface area contributed by atoms with E-state index in [1.54, 1.807) is 0 Å². The maximum absolute atomic E-state index is 11.5. The highest BCUT2D eigenvalue weighted by Crippen LogP contribution is 2.20. The zero-order chi connectivity index (χ0) is 13.8. The van der Waals surface area contributed by atoms with Crippen LogP contribution in [0.4, 0.5) is 0 Å². The summed E-state index contributed by atoms with van der Waals surface area (Å²) in [5.74, 6) is 0.0298. The average molecular weight is 249 g/mol. The van der Waals surface area contributed by atoms with Gasteiger partial charge in [-0.05, 0) is 26.8 Å². The van der Waals surface area contributed by atoms with E-state index in [1.807, 2.05) is 0 Å². The molecule has 1 aliphatic rings. The Morgan fingerprint density at radius 2 is 2.17 bits per heavy atom. The lowest BCUT2D eigenvalue weighted by Crippen LogP contribution is -2.58. The molecule has 1 heterocycles. The summed E-state index contributed by atoms with van der Waals surface area (Å²) in [5.41, 5.74) is 0.113. The van der Waals surface area contributed by atoms with Crippen molar-refractivity contribution in [2.24, 2.45) is 0 Å². The highest BCUT2D eigenvalue weighted by Gasteiger charge is 2.32. The van der Waals surface area contributed by atoms with Crippen LogP contribution in [0.2, 0.25) is 0 Å². The molecule has 18 heavy (non-hydrogen) atoms. The van der Waals surface area contributed by atoms with E-state index in [0.29, 0.717) is 13.0 Å².